The van der Waals surface area contributed by atoms with Crippen LogP contribution in [0.25, 0.3) is 0 Å². The number of benzene rings is 1. The number of aliphatic carboxylic acids is 1. The molecule has 0 heterocycles. The van der Waals surface area contributed by atoms with E-state index in [4.69, 9.17) is 15.8 Å². The second kappa shape index (κ2) is 6.95. The molecule has 0 amide bonds. The van der Waals surface area contributed by atoms with Crippen molar-refractivity contribution in [1.82, 2.24) is 0 Å². The van der Waals surface area contributed by atoms with Crippen molar-refractivity contribution >= 4 is 13.1 Å². The molecule has 0 radical (unpaired) electrons. The molecule has 0 aliphatic heterocycles. The molecular formula is C19H27BFNO4. The molecule has 0 spiro atoms. The quantitative estimate of drug-likeness (QED) is 0.555. The third kappa shape index (κ3) is 2.96. The van der Waals surface area contributed by atoms with Crippen LogP contribution >= 0.6 is 0 Å². The number of nitrogens with two attached hydrogens (primary N) is 1. The third-order valence-electron chi connectivity index (χ3n) is 6.77. The highest BCUT2D eigenvalue weighted by molar-refractivity contribution is 6.40. The summed E-state index contributed by atoms with van der Waals surface area (Å²) in [5.41, 5.74) is 6.47. The lowest BCUT2D eigenvalue weighted by Crippen LogP contribution is -2.43. The first kappa shape index (κ1) is 19.3. The van der Waals surface area contributed by atoms with Crippen LogP contribution in [0, 0.1) is 11.7 Å². The van der Waals surface area contributed by atoms with Gasteiger partial charge >= 0.3 is 13.1 Å². The summed E-state index contributed by atoms with van der Waals surface area (Å²) in [6.07, 6.45) is 4.44. The maximum Gasteiger partial charge on any atom is 0.451 e. The van der Waals surface area contributed by atoms with Crippen molar-refractivity contribution in [1.29, 1.82) is 0 Å². The van der Waals surface area contributed by atoms with Gasteiger partial charge in [-0.25, -0.2) is 4.39 Å². The molecular weight excluding hydrogens is 336 g/mol. The Morgan fingerprint density at radius 3 is 2.54 bits per heavy atom. The van der Waals surface area contributed by atoms with E-state index in [1.54, 1.807) is 13.0 Å². The first-order chi connectivity index (χ1) is 12.2. The van der Waals surface area contributed by atoms with Gasteiger partial charge in [0.1, 0.15) is 5.82 Å². The minimum Gasteiger partial charge on any atom is -0.481 e. The highest BCUT2D eigenvalue weighted by Gasteiger charge is 2.50. The molecule has 2 aliphatic rings. The predicted octanol–water partition coefficient (Wildman–Crippen LogP) is 1.97. The van der Waals surface area contributed by atoms with Crippen molar-refractivity contribution in [3.05, 3.63) is 34.6 Å². The zero-order valence-corrected chi connectivity index (χ0v) is 15.2. The SMILES string of the molecule is C[C@@]1(C(=O)O)c2cc(C3(CN)CCC3)c(F)cc2C[C@@H]1CCCB(O)O. The minimum absolute atomic E-state index is 0.196. The Bertz CT molecular complexity index is 702. The number of halogens is 1. The fourth-order valence-electron chi connectivity index (χ4n) is 4.78. The molecule has 26 heavy (non-hydrogen) atoms. The normalized spacial score (nSPS) is 26.3. The summed E-state index contributed by atoms with van der Waals surface area (Å²) in [4.78, 5) is 12.2. The Labute approximate surface area is 153 Å². The van der Waals surface area contributed by atoms with Gasteiger partial charge in [-0.1, -0.05) is 18.9 Å². The van der Waals surface area contributed by atoms with Gasteiger partial charge in [0.25, 0.3) is 0 Å². The molecule has 1 saturated carbocycles. The van der Waals surface area contributed by atoms with Gasteiger partial charge in [-0.05, 0) is 67.6 Å². The number of hydrogen-bond donors (Lipinski definition) is 4. The monoisotopic (exact) mass is 363 g/mol. The standard InChI is InChI=1S/C19H27BFNO4/c1-18(17(23)24)13(4-2-7-20(25)26)8-12-9-16(21)15(10-14(12)18)19(11-22)5-3-6-19/h9-10,13,25-26H,2-8,11,22H2,1H3,(H,23,24)/t13-,18-/m0/s1. The van der Waals surface area contributed by atoms with Crippen LogP contribution < -0.4 is 5.73 Å². The lowest BCUT2D eigenvalue weighted by atomic mass is 9.63. The molecule has 0 bridgehead atoms. The summed E-state index contributed by atoms with van der Waals surface area (Å²) in [7, 11) is -1.39. The number of hydrogen-bond acceptors (Lipinski definition) is 4. The largest absolute Gasteiger partial charge is 0.481 e. The highest BCUT2D eigenvalue weighted by Crippen LogP contribution is 2.50. The molecule has 0 unspecified atom stereocenters. The van der Waals surface area contributed by atoms with Gasteiger partial charge < -0.3 is 20.9 Å². The van der Waals surface area contributed by atoms with Crippen molar-refractivity contribution in [2.75, 3.05) is 6.54 Å². The van der Waals surface area contributed by atoms with E-state index in [1.807, 2.05) is 0 Å². The van der Waals surface area contributed by atoms with E-state index in [1.165, 1.54) is 6.07 Å². The van der Waals surface area contributed by atoms with Crippen molar-refractivity contribution in [3.63, 3.8) is 0 Å². The van der Waals surface area contributed by atoms with Gasteiger partial charge in [-0.2, -0.15) is 0 Å². The Balaban J connectivity index is 1.97. The van der Waals surface area contributed by atoms with Gasteiger partial charge in [0.05, 0.1) is 5.41 Å². The Morgan fingerprint density at radius 1 is 1.35 bits per heavy atom. The molecule has 2 aliphatic carbocycles. The summed E-state index contributed by atoms with van der Waals surface area (Å²) in [5.74, 6) is -1.40. The number of carboxylic acids is 1. The first-order valence-corrected chi connectivity index (χ1v) is 9.37. The molecule has 1 aromatic carbocycles. The van der Waals surface area contributed by atoms with Crippen LogP contribution in [0.3, 0.4) is 0 Å². The second-order valence-electron chi connectivity index (χ2n) is 8.15. The van der Waals surface area contributed by atoms with E-state index in [9.17, 15) is 14.3 Å². The van der Waals surface area contributed by atoms with Crippen LogP contribution in [0.2, 0.25) is 6.32 Å². The van der Waals surface area contributed by atoms with Crippen LogP contribution in [0.1, 0.15) is 55.7 Å². The maximum atomic E-state index is 14.8. The Hall–Kier alpha value is -1.44. The molecule has 0 saturated heterocycles. The Kier molecular flexibility index (Phi) is 5.16. The number of rotatable bonds is 7. The summed E-state index contributed by atoms with van der Waals surface area (Å²) < 4.78 is 14.8. The number of carboxylic acid groups (broad SMARTS) is 1. The van der Waals surface area contributed by atoms with Gasteiger partial charge in [-0.3, -0.25) is 4.79 Å². The van der Waals surface area contributed by atoms with Crippen molar-refractivity contribution in [2.45, 2.75) is 62.6 Å². The topological polar surface area (TPSA) is 104 Å². The van der Waals surface area contributed by atoms with Gasteiger partial charge in [0.15, 0.2) is 0 Å². The fraction of sp³-hybridized carbons (Fsp3) is 0.632. The van der Waals surface area contributed by atoms with E-state index in [0.29, 0.717) is 36.9 Å². The van der Waals surface area contributed by atoms with Crippen molar-refractivity contribution in [3.8, 4) is 0 Å². The van der Waals surface area contributed by atoms with E-state index < -0.39 is 18.5 Å². The molecule has 0 aromatic heterocycles. The van der Waals surface area contributed by atoms with E-state index in [2.05, 4.69) is 0 Å². The van der Waals surface area contributed by atoms with Crippen molar-refractivity contribution in [2.24, 2.45) is 11.7 Å². The van der Waals surface area contributed by atoms with Crippen molar-refractivity contribution < 1.29 is 24.3 Å². The fourth-order valence-corrected chi connectivity index (χ4v) is 4.78. The first-order valence-electron chi connectivity index (χ1n) is 9.37. The predicted molar refractivity (Wildman–Crippen MR) is 97.4 cm³/mol. The molecule has 1 fully saturated rings. The molecule has 3 rings (SSSR count). The highest BCUT2D eigenvalue weighted by atomic mass is 19.1. The van der Waals surface area contributed by atoms with Crippen LogP contribution in [0.4, 0.5) is 4.39 Å². The van der Waals surface area contributed by atoms with Gasteiger partial charge in [-0.15, -0.1) is 0 Å². The molecule has 142 valence electrons. The van der Waals surface area contributed by atoms with Crippen LogP contribution in [-0.2, 0) is 22.0 Å². The Morgan fingerprint density at radius 2 is 2.04 bits per heavy atom. The van der Waals surface area contributed by atoms with E-state index in [0.717, 1.165) is 24.8 Å². The molecule has 2 atom stereocenters. The van der Waals surface area contributed by atoms with E-state index >= 15 is 0 Å². The van der Waals surface area contributed by atoms with Crippen LogP contribution in [0.15, 0.2) is 12.1 Å². The molecule has 5 nitrogen and oxygen atoms in total. The van der Waals surface area contributed by atoms with E-state index in [-0.39, 0.29) is 23.5 Å². The summed E-state index contributed by atoms with van der Waals surface area (Å²) in [6.45, 7) is 2.07. The van der Waals surface area contributed by atoms with Gasteiger partial charge in [0, 0.05) is 12.0 Å². The zero-order chi connectivity index (χ0) is 19.1. The second-order valence-corrected chi connectivity index (χ2v) is 8.15. The lowest BCUT2D eigenvalue weighted by Gasteiger charge is -2.42. The minimum atomic E-state index is -1.39. The summed E-state index contributed by atoms with van der Waals surface area (Å²) in [6, 6.07) is 3.26. The van der Waals surface area contributed by atoms with Crippen LogP contribution in [-0.4, -0.2) is 34.8 Å². The maximum absolute atomic E-state index is 14.8. The molecule has 7 heteroatoms. The smallest absolute Gasteiger partial charge is 0.451 e. The average Bonchev–Trinajstić information content (AvgIpc) is 2.80. The summed E-state index contributed by atoms with van der Waals surface area (Å²) >= 11 is 0. The molecule has 1 aromatic rings. The van der Waals surface area contributed by atoms with Gasteiger partial charge in [0.2, 0.25) is 0 Å². The van der Waals surface area contributed by atoms with Crippen LogP contribution in [0.5, 0.6) is 0 Å². The lowest BCUT2D eigenvalue weighted by molar-refractivity contribution is -0.145. The molecule has 5 N–H and O–H groups in total. The average molecular weight is 363 g/mol. The number of fused-ring (bicyclic) bond motifs is 1. The number of carbonyl (C=O) groups is 1. The zero-order valence-electron chi connectivity index (χ0n) is 15.2. The third-order valence-corrected chi connectivity index (χ3v) is 6.77. The summed E-state index contributed by atoms with van der Waals surface area (Å²) in [5, 5.41) is 28.1.